The van der Waals surface area contributed by atoms with E-state index in [1.54, 1.807) is 6.92 Å². The average molecular weight is 263 g/mol. The summed E-state index contributed by atoms with van der Waals surface area (Å²) in [4.78, 5) is 22.7. The molecule has 0 fully saturated rings. The van der Waals surface area contributed by atoms with Gasteiger partial charge in [0.05, 0.1) is 13.0 Å². The van der Waals surface area contributed by atoms with Crippen LogP contribution in [0.1, 0.15) is 31.7 Å². The number of methoxy groups -OCH3 is 1. The summed E-state index contributed by atoms with van der Waals surface area (Å²) in [5.74, 6) is -3.24. The van der Waals surface area contributed by atoms with Gasteiger partial charge in [-0.2, -0.15) is 0 Å². The standard InChI is InChI=1S/C15H20O4/c1-10(12-7-5-4-6-8-12)9-13(14(16)17)11(2)15(18)19-3/h4-8,10-11,13H,9H2,1-3H3,(H,16,17)/p-1. The third kappa shape index (κ3) is 4.09. The van der Waals surface area contributed by atoms with Crippen LogP contribution in [0.2, 0.25) is 0 Å². The highest BCUT2D eigenvalue weighted by atomic mass is 16.5. The highest BCUT2D eigenvalue weighted by Gasteiger charge is 2.27. The van der Waals surface area contributed by atoms with Gasteiger partial charge in [0.15, 0.2) is 0 Å². The predicted octanol–water partition coefficient (Wildman–Crippen LogP) is 1.36. The van der Waals surface area contributed by atoms with Gasteiger partial charge >= 0.3 is 5.97 Å². The number of carboxylic acid groups (broad SMARTS) is 1. The Labute approximate surface area is 113 Å². The van der Waals surface area contributed by atoms with Gasteiger partial charge < -0.3 is 14.6 Å². The molecule has 0 aliphatic carbocycles. The first-order chi connectivity index (χ1) is 8.97. The lowest BCUT2D eigenvalue weighted by Crippen LogP contribution is -2.39. The van der Waals surface area contributed by atoms with Crippen LogP contribution in [0.5, 0.6) is 0 Å². The lowest BCUT2D eigenvalue weighted by molar-refractivity contribution is -0.313. The SMILES string of the molecule is COC(=O)C(C)C(CC(C)c1ccccc1)C(=O)[O-]. The first-order valence-corrected chi connectivity index (χ1v) is 6.31. The minimum Gasteiger partial charge on any atom is -0.550 e. The fourth-order valence-corrected chi connectivity index (χ4v) is 2.15. The van der Waals surface area contributed by atoms with Crippen molar-refractivity contribution in [2.75, 3.05) is 7.11 Å². The molecule has 3 unspecified atom stereocenters. The third-order valence-electron chi connectivity index (χ3n) is 3.46. The number of carboxylic acids is 1. The fraction of sp³-hybridized carbons (Fsp3) is 0.467. The van der Waals surface area contributed by atoms with E-state index in [0.717, 1.165) is 5.56 Å². The summed E-state index contributed by atoms with van der Waals surface area (Å²) in [6, 6.07) is 9.61. The first kappa shape index (κ1) is 15.2. The van der Waals surface area contributed by atoms with Crippen LogP contribution >= 0.6 is 0 Å². The second-order valence-electron chi connectivity index (χ2n) is 4.78. The maximum atomic E-state index is 11.5. The van der Waals surface area contributed by atoms with Crippen molar-refractivity contribution in [2.45, 2.75) is 26.2 Å². The van der Waals surface area contributed by atoms with E-state index in [2.05, 4.69) is 4.74 Å². The molecule has 1 aromatic carbocycles. The Bertz CT molecular complexity index is 427. The van der Waals surface area contributed by atoms with Crippen molar-refractivity contribution in [3.05, 3.63) is 35.9 Å². The van der Waals surface area contributed by atoms with Gasteiger partial charge in [0.1, 0.15) is 0 Å². The molecule has 1 rings (SSSR count). The monoisotopic (exact) mass is 263 g/mol. The molecule has 19 heavy (non-hydrogen) atoms. The summed E-state index contributed by atoms with van der Waals surface area (Å²) in [7, 11) is 1.26. The Hall–Kier alpha value is -1.84. The van der Waals surface area contributed by atoms with Crippen molar-refractivity contribution < 1.29 is 19.4 Å². The molecule has 0 saturated heterocycles. The van der Waals surface area contributed by atoms with E-state index in [-0.39, 0.29) is 5.92 Å². The minimum absolute atomic E-state index is 0.0382. The summed E-state index contributed by atoms with van der Waals surface area (Å²) < 4.78 is 4.60. The summed E-state index contributed by atoms with van der Waals surface area (Å²) >= 11 is 0. The Morgan fingerprint density at radius 2 is 1.79 bits per heavy atom. The number of esters is 1. The Kier molecular flexibility index (Phi) is 5.55. The largest absolute Gasteiger partial charge is 0.550 e. The molecule has 104 valence electrons. The second-order valence-corrected chi connectivity index (χ2v) is 4.78. The van der Waals surface area contributed by atoms with Gasteiger partial charge in [-0.15, -0.1) is 0 Å². The van der Waals surface area contributed by atoms with Crippen LogP contribution in [0.15, 0.2) is 30.3 Å². The van der Waals surface area contributed by atoms with Crippen LogP contribution in [0.3, 0.4) is 0 Å². The smallest absolute Gasteiger partial charge is 0.309 e. The number of benzene rings is 1. The van der Waals surface area contributed by atoms with Crippen LogP contribution in [-0.2, 0) is 14.3 Å². The molecule has 1 aromatic rings. The van der Waals surface area contributed by atoms with E-state index in [0.29, 0.717) is 6.42 Å². The lowest BCUT2D eigenvalue weighted by atomic mass is 9.83. The van der Waals surface area contributed by atoms with Gasteiger partial charge in [0, 0.05) is 11.9 Å². The summed E-state index contributed by atoms with van der Waals surface area (Å²) in [5, 5.41) is 11.2. The number of ether oxygens (including phenoxy) is 1. The molecule has 4 nitrogen and oxygen atoms in total. The molecule has 0 aromatic heterocycles. The summed E-state index contributed by atoms with van der Waals surface area (Å²) in [6.45, 7) is 3.50. The van der Waals surface area contributed by atoms with Gasteiger partial charge in [0.25, 0.3) is 0 Å². The minimum atomic E-state index is -1.21. The third-order valence-corrected chi connectivity index (χ3v) is 3.46. The van der Waals surface area contributed by atoms with E-state index in [4.69, 9.17) is 0 Å². The quantitative estimate of drug-likeness (QED) is 0.727. The van der Waals surface area contributed by atoms with Crippen molar-refractivity contribution in [1.29, 1.82) is 0 Å². The molecular weight excluding hydrogens is 244 g/mol. The number of hydrogen-bond donors (Lipinski definition) is 0. The number of hydrogen-bond acceptors (Lipinski definition) is 4. The molecule has 0 N–H and O–H groups in total. The van der Waals surface area contributed by atoms with Crippen molar-refractivity contribution in [2.24, 2.45) is 11.8 Å². The van der Waals surface area contributed by atoms with Crippen molar-refractivity contribution >= 4 is 11.9 Å². The fourth-order valence-electron chi connectivity index (χ4n) is 2.15. The molecule has 0 aliphatic heterocycles. The number of carbonyl (C=O) groups excluding carboxylic acids is 2. The molecule has 0 aliphatic rings. The molecule has 3 atom stereocenters. The maximum absolute atomic E-state index is 11.5. The average Bonchev–Trinajstić information content (AvgIpc) is 2.43. The van der Waals surface area contributed by atoms with Crippen LogP contribution in [0.25, 0.3) is 0 Å². The van der Waals surface area contributed by atoms with Crippen LogP contribution in [-0.4, -0.2) is 19.0 Å². The zero-order valence-electron chi connectivity index (χ0n) is 11.5. The molecule has 0 amide bonds. The molecule has 0 radical (unpaired) electrons. The number of rotatable bonds is 6. The zero-order chi connectivity index (χ0) is 14.4. The van der Waals surface area contributed by atoms with E-state index in [1.807, 2.05) is 37.3 Å². The molecular formula is C15H19O4-. The van der Waals surface area contributed by atoms with E-state index < -0.39 is 23.8 Å². The van der Waals surface area contributed by atoms with Gasteiger partial charge in [-0.3, -0.25) is 4.79 Å². The molecule has 4 heteroatoms. The van der Waals surface area contributed by atoms with E-state index in [1.165, 1.54) is 7.11 Å². The van der Waals surface area contributed by atoms with Gasteiger partial charge in [-0.1, -0.05) is 44.2 Å². The van der Waals surface area contributed by atoms with Gasteiger partial charge in [-0.25, -0.2) is 0 Å². The van der Waals surface area contributed by atoms with E-state index in [9.17, 15) is 14.7 Å². The van der Waals surface area contributed by atoms with Gasteiger partial charge in [-0.05, 0) is 17.9 Å². The summed E-state index contributed by atoms with van der Waals surface area (Å²) in [5.41, 5.74) is 1.05. The highest BCUT2D eigenvalue weighted by Crippen LogP contribution is 2.27. The Morgan fingerprint density at radius 1 is 1.21 bits per heavy atom. The molecule has 0 bridgehead atoms. The Morgan fingerprint density at radius 3 is 2.26 bits per heavy atom. The van der Waals surface area contributed by atoms with Crippen LogP contribution in [0, 0.1) is 11.8 Å². The van der Waals surface area contributed by atoms with Crippen LogP contribution < -0.4 is 5.11 Å². The zero-order valence-corrected chi connectivity index (χ0v) is 11.5. The lowest BCUT2D eigenvalue weighted by Gasteiger charge is -2.26. The maximum Gasteiger partial charge on any atom is 0.309 e. The number of carbonyl (C=O) groups is 2. The van der Waals surface area contributed by atoms with Gasteiger partial charge in [0.2, 0.25) is 0 Å². The predicted molar refractivity (Wildman–Crippen MR) is 69.2 cm³/mol. The topological polar surface area (TPSA) is 66.4 Å². The first-order valence-electron chi connectivity index (χ1n) is 6.31. The highest BCUT2D eigenvalue weighted by molar-refractivity contribution is 5.79. The Balaban J connectivity index is 2.79. The van der Waals surface area contributed by atoms with Crippen molar-refractivity contribution in [3.63, 3.8) is 0 Å². The van der Waals surface area contributed by atoms with Crippen molar-refractivity contribution in [3.8, 4) is 0 Å². The molecule has 0 spiro atoms. The van der Waals surface area contributed by atoms with Crippen LogP contribution in [0.4, 0.5) is 0 Å². The van der Waals surface area contributed by atoms with E-state index >= 15 is 0 Å². The number of aliphatic carboxylic acids is 1. The summed E-state index contributed by atoms with van der Waals surface area (Å²) in [6.07, 6.45) is 0.350. The molecule has 0 saturated carbocycles. The van der Waals surface area contributed by atoms with Crippen molar-refractivity contribution in [1.82, 2.24) is 0 Å². The normalized spacial score (nSPS) is 15.3. The second kappa shape index (κ2) is 6.92. The molecule has 0 heterocycles.